The number of ketones is 1. The van der Waals surface area contributed by atoms with Crippen LogP contribution in [0, 0.1) is 18.4 Å². The lowest BCUT2D eigenvalue weighted by molar-refractivity contribution is -0.118. The molecule has 142 valence electrons. The van der Waals surface area contributed by atoms with Crippen LogP contribution in [0.5, 0.6) is 0 Å². The summed E-state index contributed by atoms with van der Waals surface area (Å²) < 4.78 is 33.8. The van der Waals surface area contributed by atoms with Crippen LogP contribution < -0.4 is 5.63 Å². The van der Waals surface area contributed by atoms with Crippen molar-refractivity contribution in [2.75, 3.05) is 6.61 Å². The van der Waals surface area contributed by atoms with E-state index in [9.17, 15) is 18.0 Å². The smallest absolute Gasteiger partial charge is 0.342 e. The van der Waals surface area contributed by atoms with Crippen LogP contribution in [0.25, 0.3) is 21.9 Å². The monoisotopic (exact) mass is 397 g/mol. The van der Waals surface area contributed by atoms with Gasteiger partial charge in [-0.05, 0) is 36.8 Å². The van der Waals surface area contributed by atoms with Gasteiger partial charge in [0.1, 0.15) is 11.4 Å². The molecule has 0 saturated carbocycles. The molecule has 2 aromatic rings. The molecule has 1 aromatic carbocycles. The maximum absolute atomic E-state index is 12.3. The summed E-state index contributed by atoms with van der Waals surface area (Å²) in [4.78, 5) is 27.2. The number of carbonyl (C=O) groups is 1. The van der Waals surface area contributed by atoms with Gasteiger partial charge in [-0.1, -0.05) is 11.8 Å². The van der Waals surface area contributed by atoms with E-state index in [0.717, 1.165) is 6.08 Å². The highest BCUT2D eigenvalue weighted by Crippen LogP contribution is 2.23. The average Bonchev–Trinajstić information content (AvgIpc) is 2.62. The molecule has 7 nitrogen and oxygen atoms in total. The Morgan fingerprint density at radius 2 is 2.14 bits per heavy atom. The SMILES string of the molecule is [C-]#[N+]C(=Cc1cc2cc3c(cc2oc1=O)C#CCCC(=O)C3)S(=O)(=O)OCC. The van der Waals surface area contributed by atoms with Gasteiger partial charge in [0, 0.05) is 30.2 Å². The van der Waals surface area contributed by atoms with Gasteiger partial charge in [-0.3, -0.25) is 8.98 Å². The van der Waals surface area contributed by atoms with E-state index in [-0.39, 0.29) is 30.0 Å². The Bertz CT molecular complexity index is 1270. The number of carbonyl (C=O) groups excluding carboxylic acids is 1. The molecule has 0 amide bonds. The summed E-state index contributed by atoms with van der Waals surface area (Å²) in [6.45, 7) is 8.42. The molecule has 1 aromatic heterocycles. The van der Waals surface area contributed by atoms with Gasteiger partial charge < -0.3 is 4.42 Å². The van der Waals surface area contributed by atoms with E-state index in [0.29, 0.717) is 29.4 Å². The number of fused-ring (bicyclic) bond motifs is 2. The number of hydrogen-bond acceptors (Lipinski definition) is 6. The topological polar surface area (TPSA) is 95.0 Å². The van der Waals surface area contributed by atoms with Crippen molar-refractivity contribution in [3.63, 3.8) is 0 Å². The highest BCUT2D eigenvalue weighted by molar-refractivity contribution is 7.91. The molecule has 0 bridgehead atoms. The molecule has 0 N–H and O–H groups in total. The Kier molecular flexibility index (Phi) is 5.46. The van der Waals surface area contributed by atoms with Crippen molar-refractivity contribution in [1.82, 2.24) is 0 Å². The van der Waals surface area contributed by atoms with Gasteiger partial charge in [0.2, 0.25) is 0 Å². The molecule has 0 radical (unpaired) electrons. The molecule has 0 saturated heterocycles. The molecule has 0 atom stereocenters. The summed E-state index contributed by atoms with van der Waals surface area (Å²) >= 11 is 0. The van der Waals surface area contributed by atoms with Crippen molar-refractivity contribution < 1.29 is 21.8 Å². The molecule has 3 rings (SSSR count). The second-order valence-corrected chi connectivity index (χ2v) is 7.57. The van der Waals surface area contributed by atoms with Crippen LogP contribution in [-0.4, -0.2) is 20.8 Å². The minimum Gasteiger partial charge on any atom is -0.422 e. The molecule has 1 heterocycles. The fourth-order valence-corrected chi connectivity index (χ4v) is 3.58. The van der Waals surface area contributed by atoms with E-state index in [2.05, 4.69) is 20.9 Å². The quantitative estimate of drug-likeness (QED) is 0.341. The second kappa shape index (κ2) is 7.81. The zero-order valence-corrected chi connectivity index (χ0v) is 15.8. The Labute approximate surface area is 161 Å². The summed E-state index contributed by atoms with van der Waals surface area (Å²) in [5.74, 6) is 5.95. The largest absolute Gasteiger partial charge is 0.422 e. The van der Waals surface area contributed by atoms with Crippen molar-refractivity contribution in [3.8, 4) is 11.8 Å². The second-order valence-electron chi connectivity index (χ2n) is 6.01. The van der Waals surface area contributed by atoms with E-state index >= 15 is 0 Å². The average molecular weight is 397 g/mol. The molecule has 0 fully saturated rings. The van der Waals surface area contributed by atoms with Crippen LogP contribution in [0.4, 0.5) is 0 Å². The highest BCUT2D eigenvalue weighted by atomic mass is 32.2. The lowest BCUT2D eigenvalue weighted by Crippen LogP contribution is -2.09. The summed E-state index contributed by atoms with van der Waals surface area (Å²) in [7, 11) is -4.26. The van der Waals surface area contributed by atoms with E-state index < -0.39 is 20.8 Å². The third kappa shape index (κ3) is 4.04. The summed E-state index contributed by atoms with van der Waals surface area (Å²) in [5.41, 5.74) is 0.689. The minimum absolute atomic E-state index is 0.0604. The van der Waals surface area contributed by atoms with Crippen molar-refractivity contribution in [2.24, 2.45) is 0 Å². The van der Waals surface area contributed by atoms with Gasteiger partial charge in [-0.25, -0.2) is 18.1 Å². The van der Waals surface area contributed by atoms with Crippen LogP contribution >= 0.6 is 0 Å². The predicted molar refractivity (Wildman–Crippen MR) is 102 cm³/mol. The van der Waals surface area contributed by atoms with Crippen LogP contribution in [-0.2, 0) is 25.5 Å². The fourth-order valence-electron chi connectivity index (χ4n) is 2.76. The zero-order chi connectivity index (χ0) is 20.3. The fraction of sp³-hybridized carbons (Fsp3) is 0.250. The molecule has 0 aliphatic heterocycles. The van der Waals surface area contributed by atoms with Gasteiger partial charge in [0.25, 0.3) is 0 Å². The van der Waals surface area contributed by atoms with Crippen LogP contribution in [0.3, 0.4) is 0 Å². The van der Waals surface area contributed by atoms with Crippen LogP contribution in [0.15, 0.2) is 32.4 Å². The number of Topliss-reactive ketones (excluding diaryl/α,β-unsaturated/α-hetero) is 1. The van der Waals surface area contributed by atoms with E-state index in [1.807, 2.05) is 0 Å². The molecule has 0 unspecified atom stereocenters. The van der Waals surface area contributed by atoms with E-state index in [4.69, 9.17) is 11.0 Å². The summed E-state index contributed by atoms with van der Waals surface area (Å²) in [6, 6.07) is 4.71. The number of rotatable bonds is 4. The molecule has 28 heavy (non-hydrogen) atoms. The number of hydrogen-bond donors (Lipinski definition) is 0. The van der Waals surface area contributed by atoms with Gasteiger partial charge in [0.15, 0.2) is 0 Å². The first-order valence-corrected chi connectivity index (χ1v) is 9.85. The minimum atomic E-state index is -4.26. The van der Waals surface area contributed by atoms with Crippen molar-refractivity contribution in [2.45, 2.75) is 26.2 Å². The third-order valence-corrected chi connectivity index (χ3v) is 5.31. The van der Waals surface area contributed by atoms with Crippen LogP contribution in [0.1, 0.15) is 36.5 Å². The lowest BCUT2D eigenvalue weighted by atomic mass is 9.96. The standard InChI is InChI=1S/C20H15NO6S/c1-3-26-28(24,25)19(21-2)12-16-9-15-8-14-10-17(22)7-5-4-6-13(14)11-18(15)27-20(16)23/h8-9,11-12H,3,5,7,10H2,1H3. The Hall–Kier alpha value is -3.20. The number of benzene rings is 1. The van der Waals surface area contributed by atoms with Crippen LogP contribution in [0.2, 0.25) is 0 Å². The molecule has 0 spiro atoms. The summed E-state index contributed by atoms with van der Waals surface area (Å²) in [5, 5.41) is -0.216. The maximum Gasteiger partial charge on any atom is 0.342 e. The first-order valence-electron chi connectivity index (χ1n) is 8.44. The Morgan fingerprint density at radius 1 is 1.36 bits per heavy atom. The van der Waals surface area contributed by atoms with Gasteiger partial charge in [-0.2, -0.15) is 0 Å². The predicted octanol–water partition coefficient (Wildman–Crippen LogP) is 2.63. The van der Waals surface area contributed by atoms with Crippen molar-refractivity contribution >= 4 is 32.9 Å². The Balaban J connectivity index is 2.17. The van der Waals surface area contributed by atoms with Gasteiger partial charge >= 0.3 is 20.8 Å². The summed E-state index contributed by atoms with van der Waals surface area (Å²) in [6.07, 6.45) is 2.00. The highest BCUT2D eigenvalue weighted by Gasteiger charge is 2.20. The van der Waals surface area contributed by atoms with Crippen molar-refractivity contribution in [3.05, 3.63) is 61.8 Å². The maximum atomic E-state index is 12.3. The molecule has 1 aliphatic rings. The third-order valence-electron chi connectivity index (χ3n) is 4.04. The number of nitrogens with zero attached hydrogens (tertiary/aromatic N) is 1. The first kappa shape index (κ1) is 19.6. The van der Waals surface area contributed by atoms with Gasteiger partial charge in [0.05, 0.1) is 18.7 Å². The normalized spacial score (nSPS) is 14.4. The zero-order valence-electron chi connectivity index (χ0n) is 14.9. The van der Waals surface area contributed by atoms with Crippen molar-refractivity contribution in [1.29, 1.82) is 0 Å². The molecular formula is C20H15NO6S. The first-order chi connectivity index (χ1) is 13.3. The van der Waals surface area contributed by atoms with E-state index in [1.165, 1.54) is 13.0 Å². The molecular weight excluding hydrogens is 382 g/mol. The molecule has 8 heteroatoms. The molecule has 1 aliphatic carbocycles. The van der Waals surface area contributed by atoms with E-state index in [1.54, 1.807) is 12.1 Å². The lowest BCUT2D eigenvalue weighted by Gasteiger charge is -2.08. The Morgan fingerprint density at radius 3 is 2.86 bits per heavy atom. The van der Waals surface area contributed by atoms with Gasteiger partial charge in [-0.15, -0.1) is 0 Å².